The number of carbonyl (C=O) groups is 2. The molecule has 0 bridgehead atoms. The molecule has 1 fully saturated rings. The van der Waals surface area contributed by atoms with Crippen molar-refractivity contribution in [3.63, 3.8) is 0 Å². The van der Waals surface area contributed by atoms with E-state index in [-0.39, 0.29) is 11.8 Å². The van der Waals surface area contributed by atoms with Crippen molar-refractivity contribution < 1.29 is 9.59 Å². The van der Waals surface area contributed by atoms with E-state index in [9.17, 15) is 9.59 Å². The summed E-state index contributed by atoms with van der Waals surface area (Å²) in [4.78, 5) is 36.9. The minimum absolute atomic E-state index is 0.0562. The predicted molar refractivity (Wildman–Crippen MR) is 166 cm³/mol. The summed E-state index contributed by atoms with van der Waals surface area (Å²) in [6.07, 6.45) is 1.76. The Labute approximate surface area is 244 Å². The molecule has 3 aromatic carbocycles. The lowest BCUT2D eigenvalue weighted by atomic mass is 9.99. The van der Waals surface area contributed by atoms with Gasteiger partial charge in [0.1, 0.15) is 0 Å². The predicted octanol–water partition coefficient (Wildman–Crippen LogP) is 5.03. The Bertz CT molecular complexity index is 1660. The number of anilines is 3. The molecular formula is C32H31ClN6O2. The fourth-order valence-electron chi connectivity index (χ4n) is 5.26. The van der Waals surface area contributed by atoms with Crippen molar-refractivity contribution in [1.29, 1.82) is 0 Å². The Morgan fingerprint density at radius 3 is 2.59 bits per heavy atom. The molecule has 208 valence electrons. The molecule has 0 atom stereocenters. The summed E-state index contributed by atoms with van der Waals surface area (Å²) in [5.74, 6) is -0.150. The van der Waals surface area contributed by atoms with E-state index in [4.69, 9.17) is 11.6 Å². The highest BCUT2D eigenvalue weighted by Crippen LogP contribution is 2.39. The monoisotopic (exact) mass is 566 g/mol. The summed E-state index contributed by atoms with van der Waals surface area (Å²) >= 11 is 6.21. The molecule has 3 heterocycles. The topological polar surface area (TPSA) is 80.8 Å². The largest absolute Gasteiger partial charge is 0.354 e. The van der Waals surface area contributed by atoms with Gasteiger partial charge in [-0.25, -0.2) is 0 Å². The highest BCUT2D eigenvalue weighted by Gasteiger charge is 2.29. The van der Waals surface area contributed by atoms with Crippen LogP contribution in [-0.4, -0.2) is 73.4 Å². The number of piperazine rings is 1. The number of fused-ring (bicyclic) bond motifs is 2. The van der Waals surface area contributed by atoms with Crippen molar-refractivity contribution in [2.45, 2.75) is 0 Å². The number of hydrogen-bond acceptors (Lipinski definition) is 6. The average Bonchev–Trinajstić information content (AvgIpc) is 3.31. The molecule has 8 nitrogen and oxygen atoms in total. The Balaban J connectivity index is 1.30. The van der Waals surface area contributed by atoms with E-state index in [1.165, 1.54) is 0 Å². The summed E-state index contributed by atoms with van der Waals surface area (Å²) in [7, 11) is 3.91. The molecule has 9 heteroatoms. The lowest BCUT2D eigenvalue weighted by molar-refractivity contribution is -0.119. The zero-order valence-electron chi connectivity index (χ0n) is 23.0. The second-order valence-corrected chi connectivity index (χ2v) is 10.9. The van der Waals surface area contributed by atoms with Gasteiger partial charge in [-0.15, -0.1) is 0 Å². The lowest BCUT2D eigenvalue weighted by Gasteiger charge is -2.32. The van der Waals surface area contributed by atoms with Crippen molar-refractivity contribution >= 4 is 62.7 Å². The smallest absolute Gasteiger partial charge is 0.258 e. The molecular weight excluding hydrogens is 536 g/mol. The minimum Gasteiger partial charge on any atom is -0.354 e. The molecule has 2 N–H and O–H groups in total. The molecule has 4 aromatic rings. The average molecular weight is 567 g/mol. The van der Waals surface area contributed by atoms with Crippen LogP contribution in [0.4, 0.5) is 17.1 Å². The summed E-state index contributed by atoms with van der Waals surface area (Å²) in [6.45, 7) is 4.13. The number of pyridine rings is 1. The van der Waals surface area contributed by atoms with Gasteiger partial charge in [0.25, 0.3) is 5.91 Å². The van der Waals surface area contributed by atoms with E-state index >= 15 is 0 Å². The van der Waals surface area contributed by atoms with Crippen molar-refractivity contribution in [3.05, 3.63) is 95.1 Å². The van der Waals surface area contributed by atoms with E-state index in [2.05, 4.69) is 32.5 Å². The van der Waals surface area contributed by atoms with Crippen LogP contribution >= 0.6 is 11.6 Å². The van der Waals surface area contributed by atoms with E-state index in [0.717, 1.165) is 59.6 Å². The summed E-state index contributed by atoms with van der Waals surface area (Å²) in [5.41, 5.74) is 5.97. The molecule has 1 aromatic heterocycles. The maximum atomic E-state index is 13.3. The third kappa shape index (κ3) is 5.67. The third-order valence-corrected chi connectivity index (χ3v) is 7.96. The van der Waals surface area contributed by atoms with Crippen LogP contribution in [0.3, 0.4) is 0 Å². The fourth-order valence-corrected chi connectivity index (χ4v) is 5.44. The van der Waals surface area contributed by atoms with Gasteiger partial charge in [0.2, 0.25) is 5.91 Å². The number of rotatable bonds is 6. The van der Waals surface area contributed by atoms with Gasteiger partial charge in [-0.3, -0.25) is 19.5 Å². The maximum Gasteiger partial charge on any atom is 0.258 e. The zero-order valence-corrected chi connectivity index (χ0v) is 23.8. The van der Waals surface area contributed by atoms with Gasteiger partial charge in [0.05, 0.1) is 29.0 Å². The van der Waals surface area contributed by atoms with Crippen LogP contribution in [0.15, 0.2) is 79.0 Å². The number of likely N-dealkylation sites (N-methyl/N-ethyl adjacent to an activating group) is 2. The Kier molecular flexibility index (Phi) is 7.45. The van der Waals surface area contributed by atoms with Crippen LogP contribution < -0.4 is 15.5 Å². The van der Waals surface area contributed by atoms with Gasteiger partial charge >= 0.3 is 0 Å². The first-order valence-electron chi connectivity index (χ1n) is 13.6. The highest BCUT2D eigenvalue weighted by molar-refractivity contribution is 6.38. The molecule has 41 heavy (non-hydrogen) atoms. The molecule has 2 amide bonds. The van der Waals surface area contributed by atoms with Crippen molar-refractivity contribution in [3.8, 4) is 0 Å². The van der Waals surface area contributed by atoms with Gasteiger partial charge in [-0.2, -0.15) is 0 Å². The van der Waals surface area contributed by atoms with E-state index in [1.54, 1.807) is 23.2 Å². The van der Waals surface area contributed by atoms with Crippen LogP contribution in [0, 0.1) is 0 Å². The quantitative estimate of drug-likeness (QED) is 0.319. The van der Waals surface area contributed by atoms with Gasteiger partial charge in [0, 0.05) is 66.8 Å². The van der Waals surface area contributed by atoms with E-state index < -0.39 is 0 Å². The molecule has 0 saturated carbocycles. The Morgan fingerprint density at radius 1 is 1.02 bits per heavy atom. The number of hydrogen-bond donors (Lipinski definition) is 2. The van der Waals surface area contributed by atoms with E-state index in [1.807, 2.05) is 67.7 Å². The number of carbonyl (C=O) groups excluding carboxylic acids is 2. The minimum atomic E-state index is -0.207. The SMILES string of the molecule is CN1CCN(CC(=O)N(C)c2ccc(NC(=C3C(=O)Nc4cc(Cl)ccc43)c3ccc4ncccc4c3)cc2)CC1. The van der Waals surface area contributed by atoms with Crippen LogP contribution in [0.2, 0.25) is 5.02 Å². The molecule has 2 aliphatic rings. The molecule has 0 aliphatic carbocycles. The second kappa shape index (κ2) is 11.3. The number of benzene rings is 3. The number of aromatic nitrogens is 1. The van der Waals surface area contributed by atoms with Crippen LogP contribution in [-0.2, 0) is 9.59 Å². The standard InChI is InChI=1S/C32H31ClN6O2/c1-37-14-16-39(17-15-37)20-29(40)38(2)25-9-7-24(8-10-25)35-31(22-5-12-27-21(18-22)4-3-13-34-27)30-26-11-6-23(33)19-28(26)36-32(30)41/h3-13,18-19,35H,14-17,20H2,1-2H3,(H,36,41). The summed E-state index contributed by atoms with van der Waals surface area (Å²) in [6, 6.07) is 22.9. The number of nitrogens with zero attached hydrogens (tertiary/aromatic N) is 4. The third-order valence-electron chi connectivity index (χ3n) is 7.72. The Morgan fingerprint density at radius 2 is 1.80 bits per heavy atom. The van der Waals surface area contributed by atoms with Gasteiger partial charge < -0.3 is 20.4 Å². The molecule has 0 spiro atoms. The molecule has 0 radical (unpaired) electrons. The first-order chi connectivity index (χ1) is 19.9. The van der Waals surface area contributed by atoms with Crippen LogP contribution in [0.25, 0.3) is 22.2 Å². The number of nitrogens with one attached hydrogen (secondary N) is 2. The molecule has 2 aliphatic heterocycles. The lowest BCUT2D eigenvalue weighted by Crippen LogP contribution is -2.48. The van der Waals surface area contributed by atoms with Gasteiger partial charge in [0.15, 0.2) is 0 Å². The number of halogens is 1. The summed E-state index contributed by atoms with van der Waals surface area (Å²) < 4.78 is 0. The highest BCUT2D eigenvalue weighted by atomic mass is 35.5. The maximum absolute atomic E-state index is 13.3. The first kappa shape index (κ1) is 27.0. The van der Waals surface area contributed by atoms with Gasteiger partial charge in [-0.1, -0.05) is 29.8 Å². The van der Waals surface area contributed by atoms with Crippen LogP contribution in [0.1, 0.15) is 11.1 Å². The second-order valence-electron chi connectivity index (χ2n) is 10.5. The van der Waals surface area contributed by atoms with Gasteiger partial charge in [-0.05, 0) is 67.2 Å². The fraction of sp³-hybridized carbons (Fsp3) is 0.219. The van der Waals surface area contributed by atoms with Crippen LogP contribution in [0.5, 0.6) is 0 Å². The van der Waals surface area contributed by atoms with Crippen molar-refractivity contribution in [1.82, 2.24) is 14.8 Å². The normalized spacial score (nSPS) is 16.8. The zero-order chi connectivity index (χ0) is 28.5. The molecule has 1 saturated heterocycles. The number of amides is 2. The Hall–Kier alpha value is -4.24. The van der Waals surface area contributed by atoms with E-state index in [0.29, 0.717) is 28.5 Å². The van der Waals surface area contributed by atoms with Crippen molar-refractivity contribution in [2.24, 2.45) is 0 Å². The first-order valence-corrected chi connectivity index (χ1v) is 14.0. The van der Waals surface area contributed by atoms with Crippen molar-refractivity contribution in [2.75, 3.05) is 62.4 Å². The summed E-state index contributed by atoms with van der Waals surface area (Å²) in [5, 5.41) is 7.97. The molecule has 0 unspecified atom stereocenters. The molecule has 6 rings (SSSR count).